The maximum absolute atomic E-state index is 5.00. The Labute approximate surface area is 92.9 Å². The van der Waals surface area contributed by atoms with Gasteiger partial charge in [-0.2, -0.15) is 0 Å². The monoisotopic (exact) mass is 250 g/mol. The fourth-order valence-electron chi connectivity index (χ4n) is 0.837. The van der Waals surface area contributed by atoms with E-state index in [1.165, 1.54) is 0 Å². The first-order valence-electron chi connectivity index (χ1n) is 4.36. The van der Waals surface area contributed by atoms with Gasteiger partial charge in [0.25, 0.3) is 0 Å². The minimum absolute atomic E-state index is 0.677. The molecule has 0 heterocycles. The van der Waals surface area contributed by atoms with Gasteiger partial charge in [0.15, 0.2) is 0 Å². The van der Waals surface area contributed by atoms with Crippen LogP contribution >= 0.6 is 15.9 Å². The molecule has 0 atom stereocenters. The molecule has 0 unspecified atom stereocenters. The third-order valence-electron chi connectivity index (χ3n) is 1.47. The van der Waals surface area contributed by atoms with Crippen molar-refractivity contribution in [1.29, 1.82) is 0 Å². The van der Waals surface area contributed by atoms with Gasteiger partial charge < -0.3 is 4.74 Å². The van der Waals surface area contributed by atoms with Gasteiger partial charge in [-0.15, -0.1) is 0 Å². The maximum atomic E-state index is 5.00. The molecule has 0 saturated heterocycles. The van der Waals surface area contributed by atoms with Crippen LogP contribution in [-0.4, -0.2) is 6.61 Å². The van der Waals surface area contributed by atoms with Gasteiger partial charge >= 0.3 is 0 Å². The van der Waals surface area contributed by atoms with E-state index in [0.29, 0.717) is 6.61 Å². The van der Waals surface area contributed by atoms with E-state index >= 15 is 0 Å². The molecule has 1 nitrogen and oxygen atoms in total. The Morgan fingerprint density at radius 1 is 1.36 bits per heavy atom. The van der Waals surface area contributed by atoms with Crippen LogP contribution in [0.15, 0.2) is 41.1 Å². The van der Waals surface area contributed by atoms with Crippen molar-refractivity contribution in [2.75, 3.05) is 6.61 Å². The second-order valence-electron chi connectivity index (χ2n) is 2.53. The molecule has 1 rings (SSSR count). The molecular weight excluding hydrogens is 240 g/mol. The minimum atomic E-state index is 0.677. The van der Waals surface area contributed by atoms with Crippen LogP contribution in [0.4, 0.5) is 0 Å². The highest BCUT2D eigenvalue weighted by Gasteiger charge is 1.85. The van der Waals surface area contributed by atoms with Crippen LogP contribution in [0.5, 0.6) is 0 Å². The van der Waals surface area contributed by atoms with Crippen molar-refractivity contribution in [3.8, 4) is 11.8 Å². The fraction of sp³-hybridized carbons (Fsp3) is 0.167. The number of ether oxygens (including phenoxy) is 1. The first-order chi connectivity index (χ1) is 6.83. The average Bonchev–Trinajstić information content (AvgIpc) is 2.21. The van der Waals surface area contributed by atoms with Gasteiger partial charge in [-0.05, 0) is 31.2 Å². The molecule has 14 heavy (non-hydrogen) atoms. The summed E-state index contributed by atoms with van der Waals surface area (Å²) in [7, 11) is 0. The smallest absolute Gasteiger partial charge is 0.0912 e. The molecule has 72 valence electrons. The van der Waals surface area contributed by atoms with Gasteiger partial charge in [0.05, 0.1) is 12.9 Å². The molecule has 0 N–H and O–H groups in total. The molecule has 0 spiro atoms. The molecule has 0 bridgehead atoms. The van der Waals surface area contributed by atoms with Crippen molar-refractivity contribution < 1.29 is 4.74 Å². The number of allylic oxidation sites excluding steroid dienone is 1. The zero-order valence-electron chi connectivity index (χ0n) is 7.96. The van der Waals surface area contributed by atoms with Gasteiger partial charge in [0.1, 0.15) is 0 Å². The van der Waals surface area contributed by atoms with Crippen molar-refractivity contribution in [2.24, 2.45) is 0 Å². The van der Waals surface area contributed by atoms with Crippen LogP contribution in [-0.2, 0) is 4.74 Å². The summed E-state index contributed by atoms with van der Waals surface area (Å²) in [6, 6.07) is 7.86. The van der Waals surface area contributed by atoms with Crippen molar-refractivity contribution in [3.05, 3.63) is 46.6 Å². The Morgan fingerprint density at radius 2 is 2.07 bits per heavy atom. The lowest BCUT2D eigenvalue weighted by Gasteiger charge is -1.89. The van der Waals surface area contributed by atoms with E-state index in [-0.39, 0.29) is 0 Å². The van der Waals surface area contributed by atoms with Crippen molar-refractivity contribution >= 4 is 15.9 Å². The first-order valence-corrected chi connectivity index (χ1v) is 5.16. The van der Waals surface area contributed by atoms with Crippen LogP contribution in [0.25, 0.3) is 0 Å². The molecule has 0 radical (unpaired) electrons. The van der Waals surface area contributed by atoms with Gasteiger partial charge in [0.2, 0.25) is 0 Å². The Bertz CT molecular complexity index is 354. The van der Waals surface area contributed by atoms with Crippen LogP contribution in [0.3, 0.4) is 0 Å². The summed E-state index contributed by atoms with van der Waals surface area (Å²) in [6.07, 6.45) is 3.30. The van der Waals surface area contributed by atoms with Gasteiger partial charge in [-0.3, -0.25) is 0 Å². The third-order valence-corrected chi connectivity index (χ3v) is 2.00. The quantitative estimate of drug-likeness (QED) is 0.578. The lowest BCUT2D eigenvalue weighted by molar-refractivity contribution is 0.269. The summed E-state index contributed by atoms with van der Waals surface area (Å²) in [5.41, 5.74) is 0.995. The number of halogens is 1. The minimum Gasteiger partial charge on any atom is -0.501 e. The van der Waals surface area contributed by atoms with E-state index in [4.69, 9.17) is 4.74 Å². The van der Waals surface area contributed by atoms with E-state index in [1.807, 2.05) is 31.2 Å². The highest BCUT2D eigenvalue weighted by atomic mass is 79.9. The summed E-state index contributed by atoms with van der Waals surface area (Å²) >= 11 is 3.37. The van der Waals surface area contributed by atoms with Gasteiger partial charge in [-0.25, -0.2) is 0 Å². The second kappa shape index (κ2) is 6.28. The number of benzene rings is 1. The lowest BCUT2D eigenvalue weighted by atomic mass is 10.2. The van der Waals surface area contributed by atoms with E-state index in [9.17, 15) is 0 Å². The second-order valence-corrected chi connectivity index (χ2v) is 3.45. The summed E-state index contributed by atoms with van der Waals surface area (Å²) < 4.78 is 6.06. The summed E-state index contributed by atoms with van der Waals surface area (Å²) in [6.45, 7) is 2.61. The van der Waals surface area contributed by atoms with Crippen LogP contribution < -0.4 is 0 Å². The number of hydrogen-bond acceptors (Lipinski definition) is 1. The zero-order valence-corrected chi connectivity index (χ0v) is 9.54. The molecular formula is C12H11BrO. The maximum Gasteiger partial charge on any atom is 0.0912 e. The Hall–Kier alpha value is -1.20. The number of hydrogen-bond donors (Lipinski definition) is 0. The molecule has 0 aliphatic rings. The van der Waals surface area contributed by atoms with Crippen LogP contribution in [0, 0.1) is 11.8 Å². The third kappa shape index (κ3) is 4.15. The molecule has 0 amide bonds. The van der Waals surface area contributed by atoms with Gasteiger partial charge in [-0.1, -0.05) is 27.8 Å². The fourth-order valence-corrected chi connectivity index (χ4v) is 1.10. The molecule has 0 saturated carbocycles. The summed E-state index contributed by atoms with van der Waals surface area (Å²) in [5, 5.41) is 0. The van der Waals surface area contributed by atoms with Gasteiger partial charge in [0, 0.05) is 16.1 Å². The average molecular weight is 251 g/mol. The largest absolute Gasteiger partial charge is 0.501 e. The normalized spacial score (nSPS) is 9.57. The first kappa shape index (κ1) is 10.9. The predicted molar refractivity (Wildman–Crippen MR) is 61.8 cm³/mol. The van der Waals surface area contributed by atoms with E-state index in [2.05, 4.69) is 27.8 Å². The van der Waals surface area contributed by atoms with Crippen molar-refractivity contribution in [1.82, 2.24) is 0 Å². The topological polar surface area (TPSA) is 9.23 Å². The van der Waals surface area contributed by atoms with Crippen LogP contribution in [0.1, 0.15) is 12.5 Å². The summed E-state index contributed by atoms with van der Waals surface area (Å²) in [4.78, 5) is 0. The van der Waals surface area contributed by atoms with Crippen molar-refractivity contribution in [3.63, 3.8) is 0 Å². The Morgan fingerprint density at radius 3 is 2.71 bits per heavy atom. The molecule has 0 aliphatic carbocycles. The molecule has 1 aromatic carbocycles. The molecule has 2 heteroatoms. The van der Waals surface area contributed by atoms with E-state index in [0.717, 1.165) is 10.0 Å². The SMILES string of the molecule is CCO/C=C/C#Cc1ccc(Br)cc1. The van der Waals surface area contributed by atoms with E-state index < -0.39 is 0 Å². The molecule has 0 aromatic heterocycles. The number of rotatable bonds is 2. The Balaban J connectivity index is 2.55. The van der Waals surface area contributed by atoms with Crippen LogP contribution in [0.2, 0.25) is 0 Å². The zero-order chi connectivity index (χ0) is 10.2. The summed E-state index contributed by atoms with van der Waals surface area (Å²) in [5.74, 6) is 5.88. The molecule has 0 aliphatic heterocycles. The molecule has 1 aromatic rings. The standard InChI is InChI=1S/C12H11BrO/c1-2-14-10-4-3-5-11-6-8-12(13)9-7-11/h4,6-10H,2H2,1H3/b10-4+. The lowest BCUT2D eigenvalue weighted by Crippen LogP contribution is -1.75. The highest BCUT2D eigenvalue weighted by Crippen LogP contribution is 2.09. The van der Waals surface area contributed by atoms with E-state index in [1.54, 1.807) is 12.3 Å². The predicted octanol–water partition coefficient (Wildman–Crippen LogP) is 3.35. The molecule has 0 fully saturated rings. The van der Waals surface area contributed by atoms with Crippen molar-refractivity contribution in [2.45, 2.75) is 6.92 Å². The highest BCUT2D eigenvalue weighted by molar-refractivity contribution is 9.10. The Kier molecular flexibility index (Phi) is 4.88.